The highest BCUT2D eigenvalue weighted by atomic mass is 32.2. The van der Waals surface area contributed by atoms with Crippen LogP contribution < -0.4 is 5.32 Å². The van der Waals surface area contributed by atoms with Gasteiger partial charge >= 0.3 is 0 Å². The Bertz CT molecular complexity index is 495. The Morgan fingerprint density at radius 3 is 3.00 bits per heavy atom. The monoisotopic (exact) mass is 272 g/mol. The van der Waals surface area contributed by atoms with Gasteiger partial charge in [-0.3, -0.25) is 4.99 Å². The molecule has 1 saturated heterocycles. The molecule has 1 aliphatic heterocycles. The molecule has 0 bridgehead atoms. The molecule has 1 aromatic rings. The van der Waals surface area contributed by atoms with Crippen LogP contribution in [0.4, 0.5) is 0 Å². The molecule has 2 atom stereocenters. The van der Waals surface area contributed by atoms with E-state index in [0.717, 1.165) is 5.56 Å². The molecular formula is C11H16N2O4S. The first-order valence-corrected chi connectivity index (χ1v) is 7.53. The van der Waals surface area contributed by atoms with Crippen LogP contribution in [0.25, 0.3) is 0 Å². The highest BCUT2D eigenvalue weighted by molar-refractivity contribution is 7.91. The number of sulfone groups is 1. The van der Waals surface area contributed by atoms with Crippen LogP contribution in [0, 0.1) is 0 Å². The van der Waals surface area contributed by atoms with E-state index in [4.69, 9.17) is 4.42 Å². The molecule has 0 radical (unpaired) electrons. The fraction of sp³-hybridized carbons (Fsp3) is 0.545. The van der Waals surface area contributed by atoms with Crippen molar-refractivity contribution in [1.82, 2.24) is 5.32 Å². The normalized spacial score (nSPS) is 26.9. The predicted molar refractivity (Wildman–Crippen MR) is 67.6 cm³/mol. The van der Waals surface area contributed by atoms with E-state index in [1.807, 2.05) is 0 Å². The number of aliphatic imine (C=N–C) groups is 1. The second-order valence-corrected chi connectivity index (χ2v) is 6.45. The van der Waals surface area contributed by atoms with Crippen LogP contribution in [0.3, 0.4) is 0 Å². The van der Waals surface area contributed by atoms with Crippen LogP contribution in [0.2, 0.25) is 0 Å². The third kappa shape index (κ3) is 3.66. The molecule has 7 heteroatoms. The topological polar surface area (TPSA) is 91.9 Å². The maximum absolute atomic E-state index is 11.3. The zero-order valence-corrected chi connectivity index (χ0v) is 10.6. The molecule has 18 heavy (non-hydrogen) atoms. The summed E-state index contributed by atoms with van der Waals surface area (Å²) in [6.07, 6.45) is 4.03. The summed E-state index contributed by atoms with van der Waals surface area (Å²) in [5, 5.41) is 12.5. The van der Waals surface area contributed by atoms with Gasteiger partial charge in [0.25, 0.3) is 0 Å². The molecule has 0 amide bonds. The van der Waals surface area contributed by atoms with Gasteiger partial charge in [0, 0.05) is 24.4 Å². The van der Waals surface area contributed by atoms with E-state index in [1.165, 1.54) is 0 Å². The Labute approximate surface area is 106 Å². The minimum absolute atomic E-state index is 0.000385. The number of hydrogen-bond donors (Lipinski definition) is 2. The van der Waals surface area contributed by atoms with Crippen LogP contribution in [0.1, 0.15) is 5.56 Å². The molecule has 0 aromatic carbocycles. The van der Waals surface area contributed by atoms with Gasteiger partial charge < -0.3 is 14.8 Å². The lowest BCUT2D eigenvalue weighted by Crippen LogP contribution is -2.40. The van der Waals surface area contributed by atoms with Gasteiger partial charge in [0.05, 0.1) is 36.7 Å². The number of aliphatic hydroxyl groups is 1. The average Bonchev–Trinajstić information content (AvgIpc) is 2.86. The van der Waals surface area contributed by atoms with E-state index >= 15 is 0 Å². The van der Waals surface area contributed by atoms with Crippen molar-refractivity contribution in [3.05, 3.63) is 24.2 Å². The van der Waals surface area contributed by atoms with Crippen LogP contribution >= 0.6 is 0 Å². The fourth-order valence-corrected chi connectivity index (χ4v) is 3.63. The molecule has 6 nitrogen and oxygen atoms in total. The minimum Gasteiger partial charge on any atom is -0.472 e. The van der Waals surface area contributed by atoms with Gasteiger partial charge in [-0.2, -0.15) is 0 Å². The molecule has 1 aliphatic rings. The van der Waals surface area contributed by atoms with E-state index in [-0.39, 0.29) is 17.5 Å². The number of rotatable bonds is 5. The van der Waals surface area contributed by atoms with Crippen molar-refractivity contribution in [2.45, 2.75) is 12.1 Å². The highest BCUT2D eigenvalue weighted by Crippen LogP contribution is 2.11. The Hall–Kier alpha value is -1.18. The fourth-order valence-electron chi connectivity index (χ4n) is 1.86. The predicted octanol–water partition coefficient (Wildman–Crippen LogP) is -0.554. The van der Waals surface area contributed by atoms with Gasteiger partial charge in [0.2, 0.25) is 0 Å². The Balaban J connectivity index is 1.70. The van der Waals surface area contributed by atoms with E-state index in [1.54, 1.807) is 24.8 Å². The zero-order valence-electron chi connectivity index (χ0n) is 9.82. The highest BCUT2D eigenvalue weighted by Gasteiger charge is 2.35. The molecule has 0 aliphatic carbocycles. The molecule has 0 saturated carbocycles. The smallest absolute Gasteiger partial charge is 0.154 e. The standard InChI is InChI=1S/C11H16N2O4S/c14-11-8-18(15,16)7-10(11)13-3-2-12-5-9-1-4-17-6-9/h1,4-6,10-11,13-14H,2-3,7-8H2. The molecule has 0 spiro atoms. The molecule has 1 fully saturated rings. The summed E-state index contributed by atoms with van der Waals surface area (Å²) in [7, 11) is -3.09. The van der Waals surface area contributed by atoms with Crippen molar-refractivity contribution in [3.63, 3.8) is 0 Å². The number of nitrogens with one attached hydrogen (secondary N) is 1. The van der Waals surface area contributed by atoms with Gasteiger partial charge in [-0.05, 0) is 6.07 Å². The van der Waals surface area contributed by atoms with Gasteiger partial charge in [0.15, 0.2) is 9.84 Å². The first kappa shape index (κ1) is 13.3. The summed E-state index contributed by atoms with van der Waals surface area (Å²) in [5.74, 6) is -0.150. The van der Waals surface area contributed by atoms with E-state index in [0.29, 0.717) is 13.1 Å². The number of nitrogens with zero attached hydrogens (tertiary/aromatic N) is 1. The van der Waals surface area contributed by atoms with Crippen molar-refractivity contribution in [1.29, 1.82) is 0 Å². The first-order chi connectivity index (χ1) is 8.57. The summed E-state index contributed by atoms with van der Waals surface area (Å²) in [6.45, 7) is 1.06. The lowest BCUT2D eigenvalue weighted by molar-refractivity contribution is 0.167. The summed E-state index contributed by atoms with van der Waals surface area (Å²) < 4.78 is 27.4. The van der Waals surface area contributed by atoms with Gasteiger partial charge in [-0.1, -0.05) is 0 Å². The maximum Gasteiger partial charge on any atom is 0.154 e. The van der Waals surface area contributed by atoms with Crippen LogP contribution in [-0.4, -0.2) is 56.5 Å². The molecule has 2 N–H and O–H groups in total. The van der Waals surface area contributed by atoms with E-state index in [2.05, 4.69) is 10.3 Å². The van der Waals surface area contributed by atoms with E-state index < -0.39 is 15.9 Å². The second kappa shape index (κ2) is 5.64. The Kier molecular flexibility index (Phi) is 4.15. The molecule has 2 heterocycles. The lowest BCUT2D eigenvalue weighted by atomic mass is 10.2. The van der Waals surface area contributed by atoms with Gasteiger partial charge in [0.1, 0.15) is 0 Å². The zero-order chi connectivity index (χ0) is 13.0. The summed E-state index contributed by atoms with van der Waals surface area (Å²) in [5.41, 5.74) is 0.887. The second-order valence-electron chi connectivity index (χ2n) is 4.30. The summed E-state index contributed by atoms with van der Waals surface area (Å²) in [6, 6.07) is 1.42. The average molecular weight is 272 g/mol. The quantitative estimate of drug-likeness (QED) is 0.554. The van der Waals surface area contributed by atoms with Gasteiger partial charge in [-0.15, -0.1) is 0 Å². The van der Waals surface area contributed by atoms with Crippen molar-refractivity contribution in [2.24, 2.45) is 4.99 Å². The largest absolute Gasteiger partial charge is 0.472 e. The van der Waals surface area contributed by atoms with Crippen molar-refractivity contribution in [2.75, 3.05) is 24.6 Å². The minimum atomic E-state index is -3.09. The summed E-state index contributed by atoms with van der Waals surface area (Å²) >= 11 is 0. The van der Waals surface area contributed by atoms with Crippen LogP contribution in [-0.2, 0) is 9.84 Å². The Morgan fingerprint density at radius 2 is 2.39 bits per heavy atom. The number of hydrogen-bond acceptors (Lipinski definition) is 6. The maximum atomic E-state index is 11.3. The third-order valence-electron chi connectivity index (χ3n) is 2.75. The SMILES string of the molecule is O=S1(=O)CC(O)C(NCCN=Cc2ccoc2)C1. The first-order valence-electron chi connectivity index (χ1n) is 5.71. The third-order valence-corrected chi connectivity index (χ3v) is 4.47. The van der Waals surface area contributed by atoms with Gasteiger partial charge in [-0.25, -0.2) is 8.42 Å². The molecule has 2 unspecified atom stereocenters. The number of furan rings is 1. The van der Waals surface area contributed by atoms with Crippen molar-refractivity contribution < 1.29 is 17.9 Å². The van der Waals surface area contributed by atoms with Crippen LogP contribution in [0.15, 0.2) is 28.0 Å². The molecule has 2 rings (SSSR count). The number of aliphatic hydroxyl groups excluding tert-OH is 1. The molecule has 1 aromatic heterocycles. The van der Waals surface area contributed by atoms with Crippen LogP contribution in [0.5, 0.6) is 0 Å². The molecular weight excluding hydrogens is 256 g/mol. The lowest BCUT2D eigenvalue weighted by Gasteiger charge is -2.13. The van der Waals surface area contributed by atoms with E-state index in [9.17, 15) is 13.5 Å². The Morgan fingerprint density at radius 1 is 1.56 bits per heavy atom. The molecule has 100 valence electrons. The van der Waals surface area contributed by atoms with Crippen molar-refractivity contribution in [3.8, 4) is 0 Å². The summed E-state index contributed by atoms with van der Waals surface area (Å²) in [4.78, 5) is 4.16. The van der Waals surface area contributed by atoms with Crippen molar-refractivity contribution >= 4 is 16.1 Å².